The van der Waals surface area contributed by atoms with Gasteiger partial charge in [-0.1, -0.05) is 102 Å². The molecule has 4 aromatic rings. The van der Waals surface area contributed by atoms with Crippen LogP contribution in [0, 0.1) is 6.92 Å². The van der Waals surface area contributed by atoms with E-state index in [9.17, 15) is 18.0 Å². The summed E-state index contributed by atoms with van der Waals surface area (Å²) in [6.07, 6.45) is 0.227. The van der Waals surface area contributed by atoms with Crippen molar-refractivity contribution in [2.24, 2.45) is 0 Å². The fourth-order valence-corrected chi connectivity index (χ4v) is 6.54. The van der Waals surface area contributed by atoms with Crippen LogP contribution in [0.15, 0.2) is 108 Å². The standard InChI is InChI=1S/C32H31Cl2N3O4S/c1-23-13-15-25(16-14-23)21-36(30(32(39)35-2)19-24-9-5-3-6-10-24)31(38)22-37(29-18-17-26(33)20-28(29)34)42(40,41)27-11-7-4-8-12-27/h3-18,20,30H,19,21-22H2,1-2H3,(H,35,39)/t30-/m0/s1. The van der Waals surface area contributed by atoms with Crippen LogP contribution in [-0.4, -0.2) is 44.8 Å². The Morgan fingerprint density at radius 2 is 1.45 bits per heavy atom. The van der Waals surface area contributed by atoms with Crippen molar-refractivity contribution in [2.75, 3.05) is 17.9 Å². The molecule has 0 aromatic heterocycles. The van der Waals surface area contributed by atoms with E-state index in [-0.39, 0.29) is 34.5 Å². The SMILES string of the molecule is CNC(=O)[C@H](Cc1ccccc1)N(Cc1ccc(C)cc1)C(=O)CN(c1ccc(Cl)cc1Cl)S(=O)(=O)c1ccccc1. The van der Waals surface area contributed by atoms with Crippen molar-refractivity contribution in [1.82, 2.24) is 10.2 Å². The highest BCUT2D eigenvalue weighted by Crippen LogP contribution is 2.33. The number of sulfonamides is 1. The summed E-state index contributed by atoms with van der Waals surface area (Å²) in [7, 11) is -2.74. The Morgan fingerprint density at radius 3 is 2.05 bits per heavy atom. The molecule has 10 heteroatoms. The maximum atomic E-state index is 14.3. The summed E-state index contributed by atoms with van der Waals surface area (Å²) >= 11 is 12.6. The number of likely N-dealkylation sites (N-methyl/N-ethyl adjacent to an activating group) is 1. The van der Waals surface area contributed by atoms with E-state index in [0.29, 0.717) is 5.02 Å². The first-order chi connectivity index (χ1) is 20.1. The second kappa shape index (κ2) is 13.9. The zero-order valence-corrected chi connectivity index (χ0v) is 25.5. The lowest BCUT2D eigenvalue weighted by atomic mass is 10.0. The molecule has 42 heavy (non-hydrogen) atoms. The Kier molecular flexibility index (Phi) is 10.3. The number of carbonyl (C=O) groups is 2. The van der Waals surface area contributed by atoms with Gasteiger partial charge in [0.05, 0.1) is 15.6 Å². The molecule has 4 rings (SSSR count). The summed E-state index contributed by atoms with van der Waals surface area (Å²) in [6, 6.07) is 28.2. The van der Waals surface area contributed by atoms with Crippen molar-refractivity contribution in [3.8, 4) is 0 Å². The van der Waals surface area contributed by atoms with Crippen LogP contribution in [-0.2, 0) is 32.6 Å². The highest BCUT2D eigenvalue weighted by atomic mass is 35.5. The van der Waals surface area contributed by atoms with Crippen molar-refractivity contribution in [3.05, 3.63) is 130 Å². The van der Waals surface area contributed by atoms with Crippen LogP contribution >= 0.6 is 23.2 Å². The largest absolute Gasteiger partial charge is 0.357 e. The maximum absolute atomic E-state index is 14.3. The molecule has 0 radical (unpaired) electrons. The van der Waals surface area contributed by atoms with Crippen LogP contribution < -0.4 is 9.62 Å². The van der Waals surface area contributed by atoms with Crippen LogP contribution in [0.2, 0.25) is 10.0 Å². The van der Waals surface area contributed by atoms with Gasteiger partial charge in [-0.05, 0) is 48.4 Å². The van der Waals surface area contributed by atoms with Gasteiger partial charge in [0, 0.05) is 25.0 Å². The number of hydrogen-bond acceptors (Lipinski definition) is 4. The average Bonchev–Trinajstić information content (AvgIpc) is 2.99. The van der Waals surface area contributed by atoms with E-state index in [2.05, 4.69) is 5.32 Å². The predicted octanol–water partition coefficient (Wildman–Crippen LogP) is 5.88. The van der Waals surface area contributed by atoms with E-state index in [0.717, 1.165) is 21.0 Å². The molecule has 0 aliphatic heterocycles. The molecule has 1 atom stereocenters. The minimum absolute atomic E-state index is 0.0129. The number of nitrogens with zero attached hydrogens (tertiary/aromatic N) is 2. The van der Waals surface area contributed by atoms with E-state index < -0.39 is 28.5 Å². The quantitative estimate of drug-likeness (QED) is 0.226. The molecule has 0 spiro atoms. The fraction of sp³-hybridized carbons (Fsp3) is 0.188. The van der Waals surface area contributed by atoms with Crippen molar-refractivity contribution < 1.29 is 18.0 Å². The van der Waals surface area contributed by atoms with Crippen LogP contribution in [0.25, 0.3) is 0 Å². The second-order valence-corrected chi connectivity index (χ2v) is 12.5. The molecule has 7 nitrogen and oxygen atoms in total. The molecule has 0 saturated heterocycles. The number of anilines is 1. The molecule has 2 amide bonds. The van der Waals surface area contributed by atoms with Crippen LogP contribution in [0.5, 0.6) is 0 Å². The minimum Gasteiger partial charge on any atom is -0.357 e. The second-order valence-electron chi connectivity index (χ2n) is 9.75. The van der Waals surface area contributed by atoms with Crippen molar-refractivity contribution >= 4 is 50.7 Å². The number of halogens is 2. The molecule has 218 valence electrons. The summed E-state index contributed by atoms with van der Waals surface area (Å²) in [6.45, 7) is 1.43. The molecular weight excluding hydrogens is 593 g/mol. The smallest absolute Gasteiger partial charge is 0.264 e. The number of aryl methyl sites for hydroxylation is 1. The lowest BCUT2D eigenvalue weighted by Crippen LogP contribution is -2.53. The zero-order valence-electron chi connectivity index (χ0n) is 23.2. The molecule has 0 aliphatic carbocycles. The van der Waals surface area contributed by atoms with Gasteiger partial charge < -0.3 is 10.2 Å². The van der Waals surface area contributed by atoms with Gasteiger partial charge >= 0.3 is 0 Å². The summed E-state index contributed by atoms with van der Waals surface area (Å²) in [5.74, 6) is -0.952. The minimum atomic E-state index is -4.25. The Bertz CT molecular complexity index is 1630. The highest BCUT2D eigenvalue weighted by Gasteiger charge is 2.35. The Balaban J connectivity index is 1.80. The predicted molar refractivity (Wildman–Crippen MR) is 167 cm³/mol. The summed E-state index contributed by atoms with van der Waals surface area (Å²) in [4.78, 5) is 29.0. The molecular formula is C32H31Cl2N3O4S. The Morgan fingerprint density at radius 1 is 0.833 bits per heavy atom. The average molecular weight is 625 g/mol. The molecule has 4 aromatic carbocycles. The first-order valence-corrected chi connectivity index (χ1v) is 15.4. The third kappa shape index (κ3) is 7.50. The van der Waals surface area contributed by atoms with Crippen LogP contribution in [0.1, 0.15) is 16.7 Å². The first-order valence-electron chi connectivity index (χ1n) is 13.2. The monoisotopic (exact) mass is 623 g/mol. The fourth-order valence-electron chi connectivity index (χ4n) is 4.53. The van der Waals surface area contributed by atoms with E-state index in [1.165, 1.54) is 42.3 Å². The maximum Gasteiger partial charge on any atom is 0.264 e. The van der Waals surface area contributed by atoms with Gasteiger partial charge in [-0.3, -0.25) is 13.9 Å². The lowest BCUT2D eigenvalue weighted by Gasteiger charge is -2.33. The molecule has 0 heterocycles. The molecule has 0 saturated carbocycles. The van der Waals surface area contributed by atoms with E-state index in [1.807, 2.05) is 61.5 Å². The van der Waals surface area contributed by atoms with Gasteiger partial charge in [-0.15, -0.1) is 0 Å². The lowest BCUT2D eigenvalue weighted by molar-refractivity contribution is -0.139. The summed E-state index contributed by atoms with van der Waals surface area (Å²) in [5.41, 5.74) is 2.77. The number of benzene rings is 4. The number of hydrogen-bond donors (Lipinski definition) is 1. The number of carbonyl (C=O) groups excluding carboxylic acids is 2. The van der Waals surface area contributed by atoms with Gasteiger partial charge in [-0.25, -0.2) is 8.42 Å². The van der Waals surface area contributed by atoms with E-state index in [1.54, 1.807) is 18.2 Å². The summed E-state index contributed by atoms with van der Waals surface area (Å²) in [5, 5.41) is 3.05. The van der Waals surface area contributed by atoms with E-state index >= 15 is 0 Å². The topological polar surface area (TPSA) is 86.8 Å². The van der Waals surface area contributed by atoms with E-state index in [4.69, 9.17) is 23.2 Å². The first kappa shape index (κ1) is 31.1. The molecule has 0 fully saturated rings. The Labute approximate surface area is 256 Å². The van der Waals surface area contributed by atoms with Crippen LogP contribution in [0.3, 0.4) is 0 Å². The van der Waals surface area contributed by atoms with Gasteiger partial charge in [0.1, 0.15) is 12.6 Å². The molecule has 0 bridgehead atoms. The normalized spacial score (nSPS) is 11.9. The zero-order chi connectivity index (χ0) is 30.3. The third-order valence-electron chi connectivity index (χ3n) is 6.78. The third-order valence-corrected chi connectivity index (χ3v) is 9.09. The van der Waals surface area contributed by atoms with Crippen molar-refractivity contribution in [1.29, 1.82) is 0 Å². The Hall–Kier alpha value is -3.85. The van der Waals surface area contributed by atoms with Gasteiger partial charge in [0.25, 0.3) is 10.0 Å². The van der Waals surface area contributed by atoms with Gasteiger partial charge in [0.2, 0.25) is 11.8 Å². The van der Waals surface area contributed by atoms with Crippen LogP contribution in [0.4, 0.5) is 5.69 Å². The van der Waals surface area contributed by atoms with Crippen molar-refractivity contribution in [2.45, 2.75) is 30.8 Å². The van der Waals surface area contributed by atoms with Crippen molar-refractivity contribution in [3.63, 3.8) is 0 Å². The molecule has 0 unspecified atom stereocenters. The number of nitrogens with one attached hydrogen (secondary N) is 1. The number of amides is 2. The highest BCUT2D eigenvalue weighted by molar-refractivity contribution is 7.92. The number of rotatable bonds is 11. The summed E-state index contributed by atoms with van der Waals surface area (Å²) < 4.78 is 28.9. The molecule has 0 aliphatic rings. The van der Waals surface area contributed by atoms with Gasteiger partial charge in [0.15, 0.2) is 0 Å². The van der Waals surface area contributed by atoms with Gasteiger partial charge in [-0.2, -0.15) is 0 Å². The molecule has 1 N–H and O–H groups in total.